The number of nitrogens with one attached hydrogen (secondary N) is 2. The van der Waals surface area contributed by atoms with Crippen molar-refractivity contribution in [2.75, 3.05) is 33.4 Å². The van der Waals surface area contributed by atoms with Crippen molar-refractivity contribution in [2.45, 2.75) is 45.8 Å². The Morgan fingerprint density at radius 2 is 2.00 bits per heavy atom. The second-order valence-electron chi connectivity index (χ2n) is 7.24. The van der Waals surface area contributed by atoms with Crippen LogP contribution in [0.5, 0.6) is 5.75 Å². The SMILES string of the molecule is CCOCCC1(CNC(=NC)NCc2ccc(C)cc2OCC(F)(F)F)CC1. The molecular weight excluding hydrogens is 371 g/mol. The van der Waals surface area contributed by atoms with Crippen LogP contribution in [0.3, 0.4) is 0 Å². The zero-order valence-corrected chi connectivity index (χ0v) is 16.8. The number of ether oxygens (including phenoxy) is 2. The van der Waals surface area contributed by atoms with Gasteiger partial charge in [0.15, 0.2) is 12.6 Å². The highest BCUT2D eigenvalue weighted by atomic mass is 19.4. The van der Waals surface area contributed by atoms with Gasteiger partial charge < -0.3 is 20.1 Å². The first-order valence-corrected chi connectivity index (χ1v) is 9.58. The normalized spacial score (nSPS) is 16.0. The van der Waals surface area contributed by atoms with Crippen LogP contribution >= 0.6 is 0 Å². The van der Waals surface area contributed by atoms with Gasteiger partial charge in [0.2, 0.25) is 0 Å². The van der Waals surface area contributed by atoms with E-state index < -0.39 is 12.8 Å². The van der Waals surface area contributed by atoms with Crippen LogP contribution in [0, 0.1) is 12.3 Å². The maximum atomic E-state index is 12.5. The summed E-state index contributed by atoms with van der Waals surface area (Å²) in [5, 5.41) is 6.48. The summed E-state index contributed by atoms with van der Waals surface area (Å²) >= 11 is 0. The average Bonchev–Trinajstić information content (AvgIpc) is 3.41. The van der Waals surface area contributed by atoms with Crippen molar-refractivity contribution < 1.29 is 22.6 Å². The summed E-state index contributed by atoms with van der Waals surface area (Å²) in [5.41, 5.74) is 1.75. The van der Waals surface area contributed by atoms with Crippen LogP contribution in [0.2, 0.25) is 0 Å². The molecule has 0 amide bonds. The van der Waals surface area contributed by atoms with Crippen LogP contribution in [-0.2, 0) is 11.3 Å². The first kappa shape index (κ1) is 22.3. The van der Waals surface area contributed by atoms with E-state index in [9.17, 15) is 13.2 Å². The third kappa shape index (κ3) is 7.58. The average molecular weight is 401 g/mol. The van der Waals surface area contributed by atoms with Crippen molar-refractivity contribution in [3.63, 3.8) is 0 Å². The second-order valence-corrected chi connectivity index (χ2v) is 7.24. The quantitative estimate of drug-likeness (QED) is 0.356. The molecule has 0 spiro atoms. The minimum atomic E-state index is -4.37. The van der Waals surface area contributed by atoms with Gasteiger partial charge in [-0.3, -0.25) is 4.99 Å². The monoisotopic (exact) mass is 401 g/mol. The maximum Gasteiger partial charge on any atom is 0.422 e. The van der Waals surface area contributed by atoms with E-state index in [-0.39, 0.29) is 11.2 Å². The van der Waals surface area contributed by atoms with E-state index in [0.29, 0.717) is 18.1 Å². The van der Waals surface area contributed by atoms with Gasteiger partial charge in [-0.15, -0.1) is 0 Å². The topological polar surface area (TPSA) is 54.9 Å². The van der Waals surface area contributed by atoms with E-state index in [4.69, 9.17) is 9.47 Å². The lowest BCUT2D eigenvalue weighted by molar-refractivity contribution is -0.153. The molecule has 1 saturated carbocycles. The van der Waals surface area contributed by atoms with Crippen molar-refractivity contribution >= 4 is 5.96 Å². The minimum Gasteiger partial charge on any atom is -0.484 e. The van der Waals surface area contributed by atoms with Gasteiger partial charge in [-0.2, -0.15) is 13.2 Å². The molecule has 0 atom stereocenters. The fraction of sp³-hybridized carbons (Fsp3) is 0.650. The third-order valence-electron chi connectivity index (χ3n) is 4.85. The fourth-order valence-corrected chi connectivity index (χ4v) is 2.90. The summed E-state index contributed by atoms with van der Waals surface area (Å²) in [6, 6.07) is 5.23. The molecule has 0 saturated heterocycles. The van der Waals surface area contributed by atoms with E-state index in [1.54, 1.807) is 19.2 Å². The molecule has 1 aliphatic rings. The highest BCUT2D eigenvalue weighted by Gasteiger charge is 2.41. The van der Waals surface area contributed by atoms with E-state index >= 15 is 0 Å². The van der Waals surface area contributed by atoms with Crippen LogP contribution in [0.4, 0.5) is 13.2 Å². The molecule has 1 fully saturated rings. The van der Waals surface area contributed by atoms with Crippen LogP contribution in [0.25, 0.3) is 0 Å². The number of alkyl halides is 3. The Hall–Kier alpha value is -1.96. The summed E-state index contributed by atoms with van der Waals surface area (Å²) in [7, 11) is 1.67. The number of rotatable bonds is 10. The Bertz CT molecular complexity index is 659. The van der Waals surface area contributed by atoms with Crippen molar-refractivity contribution in [3.05, 3.63) is 29.3 Å². The number of benzene rings is 1. The van der Waals surface area contributed by atoms with Gasteiger partial charge in [0.05, 0.1) is 0 Å². The first-order valence-electron chi connectivity index (χ1n) is 9.58. The Morgan fingerprint density at radius 3 is 2.61 bits per heavy atom. The lowest BCUT2D eigenvalue weighted by atomic mass is 10.0. The van der Waals surface area contributed by atoms with Gasteiger partial charge in [0.25, 0.3) is 0 Å². The molecular formula is C20H30F3N3O2. The van der Waals surface area contributed by atoms with Gasteiger partial charge in [-0.1, -0.05) is 12.1 Å². The molecule has 0 heterocycles. The van der Waals surface area contributed by atoms with E-state index in [0.717, 1.165) is 44.6 Å². The summed E-state index contributed by atoms with van der Waals surface area (Å²) in [6.07, 6.45) is -1.03. The zero-order chi connectivity index (χ0) is 20.6. The van der Waals surface area contributed by atoms with Crippen molar-refractivity contribution in [2.24, 2.45) is 10.4 Å². The highest BCUT2D eigenvalue weighted by molar-refractivity contribution is 5.79. The number of hydrogen-bond donors (Lipinski definition) is 2. The van der Waals surface area contributed by atoms with E-state index in [1.807, 2.05) is 19.9 Å². The molecule has 8 heteroatoms. The Morgan fingerprint density at radius 1 is 1.25 bits per heavy atom. The number of nitrogens with zero attached hydrogens (tertiary/aromatic N) is 1. The zero-order valence-electron chi connectivity index (χ0n) is 16.8. The number of guanidine groups is 1. The van der Waals surface area contributed by atoms with Crippen LogP contribution in [0.15, 0.2) is 23.2 Å². The van der Waals surface area contributed by atoms with Gasteiger partial charge in [0.1, 0.15) is 5.75 Å². The molecule has 0 bridgehead atoms. The van der Waals surface area contributed by atoms with Crippen LogP contribution in [0.1, 0.15) is 37.3 Å². The molecule has 28 heavy (non-hydrogen) atoms. The molecule has 0 radical (unpaired) electrons. The van der Waals surface area contributed by atoms with Crippen molar-refractivity contribution in [1.29, 1.82) is 0 Å². The summed E-state index contributed by atoms with van der Waals surface area (Å²) in [4.78, 5) is 4.21. The lowest BCUT2D eigenvalue weighted by Gasteiger charge is -2.19. The Labute approximate surface area is 164 Å². The lowest BCUT2D eigenvalue weighted by Crippen LogP contribution is -2.40. The largest absolute Gasteiger partial charge is 0.484 e. The summed E-state index contributed by atoms with van der Waals surface area (Å²) in [6.45, 7) is 5.09. The van der Waals surface area contributed by atoms with Gasteiger partial charge >= 0.3 is 6.18 Å². The minimum absolute atomic E-state index is 0.232. The maximum absolute atomic E-state index is 12.5. The van der Waals surface area contributed by atoms with Gasteiger partial charge in [0, 0.05) is 38.9 Å². The van der Waals surface area contributed by atoms with E-state index in [2.05, 4.69) is 15.6 Å². The third-order valence-corrected chi connectivity index (χ3v) is 4.85. The number of aryl methyl sites for hydroxylation is 1. The molecule has 1 aliphatic carbocycles. The first-order chi connectivity index (χ1) is 13.3. The van der Waals surface area contributed by atoms with Crippen LogP contribution < -0.4 is 15.4 Å². The Kier molecular flexibility index (Phi) is 7.98. The molecule has 5 nitrogen and oxygen atoms in total. The number of hydrogen-bond acceptors (Lipinski definition) is 3. The Balaban J connectivity index is 1.87. The smallest absolute Gasteiger partial charge is 0.422 e. The molecule has 1 aromatic carbocycles. The predicted octanol–water partition coefficient (Wildman–Crippen LogP) is 3.81. The molecule has 0 aliphatic heterocycles. The molecule has 0 aromatic heterocycles. The number of aliphatic imine (C=N–C) groups is 1. The van der Waals surface area contributed by atoms with Crippen molar-refractivity contribution in [3.8, 4) is 5.75 Å². The fourth-order valence-electron chi connectivity index (χ4n) is 2.90. The molecule has 2 rings (SSSR count). The molecule has 0 unspecified atom stereocenters. The van der Waals surface area contributed by atoms with Gasteiger partial charge in [-0.05, 0) is 50.2 Å². The summed E-state index contributed by atoms with van der Waals surface area (Å²) in [5.74, 6) is 0.848. The highest BCUT2D eigenvalue weighted by Crippen LogP contribution is 2.48. The predicted molar refractivity (Wildman–Crippen MR) is 104 cm³/mol. The molecule has 1 aromatic rings. The number of halogens is 3. The van der Waals surface area contributed by atoms with Gasteiger partial charge in [-0.25, -0.2) is 0 Å². The van der Waals surface area contributed by atoms with Crippen molar-refractivity contribution in [1.82, 2.24) is 10.6 Å². The summed E-state index contributed by atoms with van der Waals surface area (Å²) < 4.78 is 47.9. The van der Waals surface area contributed by atoms with E-state index in [1.165, 1.54) is 0 Å². The standard InChI is InChI=1S/C20H30F3N3O2/c1-4-27-10-9-19(7-8-19)13-26-18(24-3)25-12-16-6-5-15(2)11-17(16)28-14-20(21,22)23/h5-6,11H,4,7-10,12-14H2,1-3H3,(H2,24,25,26). The van der Waals surface area contributed by atoms with Crippen LogP contribution in [-0.4, -0.2) is 45.5 Å². The second kappa shape index (κ2) is 10.0. The molecule has 158 valence electrons. The molecule has 2 N–H and O–H groups in total.